The summed E-state index contributed by atoms with van der Waals surface area (Å²) in [5.74, 6) is 0.208. The van der Waals surface area contributed by atoms with Crippen LogP contribution in [0, 0.1) is 17.7 Å². The molecule has 5 heteroatoms. The largest absolute Gasteiger partial charge is 0.354 e. The topological polar surface area (TPSA) is 58.2 Å². The van der Waals surface area contributed by atoms with Gasteiger partial charge in [-0.3, -0.25) is 9.59 Å². The molecule has 0 aliphatic heterocycles. The molecular formula is C20H25FN2O2. The normalized spacial score (nSPS) is 26.9. The molecule has 0 heterocycles. The minimum Gasteiger partial charge on any atom is -0.354 e. The molecule has 0 spiro atoms. The maximum Gasteiger partial charge on any atom is 0.245 e. The number of hydrogen-bond donors (Lipinski definition) is 2. The molecule has 2 N–H and O–H groups in total. The highest BCUT2D eigenvalue weighted by molar-refractivity contribution is 5.93. The molecule has 0 saturated heterocycles. The molecule has 4 nitrogen and oxygen atoms in total. The van der Waals surface area contributed by atoms with E-state index in [4.69, 9.17) is 0 Å². The second-order valence-corrected chi connectivity index (χ2v) is 7.94. The lowest BCUT2D eigenvalue weighted by molar-refractivity contribution is -0.134. The minimum absolute atomic E-state index is 0.0202. The van der Waals surface area contributed by atoms with Crippen molar-refractivity contribution in [3.8, 4) is 0 Å². The van der Waals surface area contributed by atoms with E-state index < -0.39 is 5.54 Å². The van der Waals surface area contributed by atoms with Gasteiger partial charge in [-0.05, 0) is 61.6 Å². The SMILES string of the molecule is O=C(NC1(C(=O)NCC2CC2)CCCC1)C1CC1c1cccc(F)c1. The first-order chi connectivity index (χ1) is 12.1. The summed E-state index contributed by atoms with van der Waals surface area (Å²) in [6.45, 7) is 0.728. The average molecular weight is 344 g/mol. The van der Waals surface area contributed by atoms with Crippen LogP contribution in [0.2, 0.25) is 0 Å². The van der Waals surface area contributed by atoms with Crippen molar-refractivity contribution in [3.63, 3.8) is 0 Å². The van der Waals surface area contributed by atoms with Crippen molar-refractivity contribution >= 4 is 11.8 Å². The highest BCUT2D eigenvalue weighted by Crippen LogP contribution is 2.48. The summed E-state index contributed by atoms with van der Waals surface area (Å²) < 4.78 is 13.4. The van der Waals surface area contributed by atoms with Crippen LogP contribution in [-0.4, -0.2) is 23.9 Å². The van der Waals surface area contributed by atoms with Crippen LogP contribution in [0.4, 0.5) is 4.39 Å². The molecule has 3 aliphatic carbocycles. The Hall–Kier alpha value is -1.91. The lowest BCUT2D eigenvalue weighted by Crippen LogP contribution is -2.57. The number of carbonyl (C=O) groups is 2. The van der Waals surface area contributed by atoms with Gasteiger partial charge in [-0.25, -0.2) is 4.39 Å². The summed E-state index contributed by atoms with van der Waals surface area (Å²) in [7, 11) is 0. The van der Waals surface area contributed by atoms with Crippen LogP contribution in [0.3, 0.4) is 0 Å². The fourth-order valence-corrected chi connectivity index (χ4v) is 4.03. The number of halogens is 1. The van der Waals surface area contributed by atoms with Gasteiger partial charge in [-0.1, -0.05) is 25.0 Å². The Kier molecular flexibility index (Phi) is 4.26. The van der Waals surface area contributed by atoms with Crippen molar-refractivity contribution in [1.82, 2.24) is 10.6 Å². The molecule has 4 rings (SSSR count). The molecule has 0 radical (unpaired) electrons. The van der Waals surface area contributed by atoms with Crippen LogP contribution in [0.25, 0.3) is 0 Å². The highest BCUT2D eigenvalue weighted by atomic mass is 19.1. The zero-order chi connectivity index (χ0) is 17.4. The van der Waals surface area contributed by atoms with Crippen molar-refractivity contribution in [2.75, 3.05) is 6.54 Å². The average Bonchev–Trinajstić information content (AvgIpc) is 3.51. The number of hydrogen-bond acceptors (Lipinski definition) is 2. The molecule has 1 aromatic rings. The van der Waals surface area contributed by atoms with E-state index in [2.05, 4.69) is 10.6 Å². The van der Waals surface area contributed by atoms with Crippen molar-refractivity contribution in [3.05, 3.63) is 35.6 Å². The third kappa shape index (κ3) is 3.55. The molecule has 25 heavy (non-hydrogen) atoms. The first kappa shape index (κ1) is 16.6. The predicted molar refractivity (Wildman–Crippen MR) is 92.3 cm³/mol. The van der Waals surface area contributed by atoms with Crippen molar-refractivity contribution < 1.29 is 14.0 Å². The summed E-state index contributed by atoms with van der Waals surface area (Å²) in [5.41, 5.74) is 0.139. The van der Waals surface area contributed by atoms with Crippen molar-refractivity contribution in [2.24, 2.45) is 11.8 Å². The number of nitrogens with one attached hydrogen (secondary N) is 2. The van der Waals surface area contributed by atoms with Gasteiger partial charge in [0.1, 0.15) is 11.4 Å². The van der Waals surface area contributed by atoms with E-state index in [1.54, 1.807) is 6.07 Å². The predicted octanol–water partition coefficient (Wildman–Crippen LogP) is 2.88. The highest BCUT2D eigenvalue weighted by Gasteiger charge is 2.49. The molecule has 3 saturated carbocycles. The molecule has 2 amide bonds. The van der Waals surface area contributed by atoms with Crippen LogP contribution in [0.5, 0.6) is 0 Å². The summed E-state index contributed by atoms with van der Waals surface area (Å²) in [6.07, 6.45) is 6.48. The molecule has 134 valence electrons. The van der Waals surface area contributed by atoms with E-state index in [0.29, 0.717) is 18.8 Å². The first-order valence-corrected chi connectivity index (χ1v) is 9.43. The van der Waals surface area contributed by atoms with Crippen LogP contribution in [0.1, 0.15) is 56.4 Å². The standard InChI is InChI=1S/C20H25FN2O2/c21-15-5-3-4-14(10-15)16-11-17(16)18(24)23-20(8-1-2-9-20)19(25)22-12-13-6-7-13/h3-5,10,13,16-17H,1-2,6-9,11-12H2,(H,22,25)(H,23,24). The number of carbonyl (C=O) groups excluding carboxylic acids is 2. The van der Waals surface area contributed by atoms with E-state index in [9.17, 15) is 14.0 Å². The van der Waals surface area contributed by atoms with Crippen LogP contribution in [-0.2, 0) is 9.59 Å². The molecule has 3 fully saturated rings. The molecule has 3 aliphatic rings. The van der Waals surface area contributed by atoms with Gasteiger partial charge < -0.3 is 10.6 Å². The molecule has 0 aromatic heterocycles. The van der Waals surface area contributed by atoms with Crippen LogP contribution in [0.15, 0.2) is 24.3 Å². The van der Waals surface area contributed by atoms with E-state index in [0.717, 1.165) is 31.4 Å². The molecule has 0 bridgehead atoms. The lowest BCUT2D eigenvalue weighted by Gasteiger charge is -2.29. The quantitative estimate of drug-likeness (QED) is 0.834. The smallest absolute Gasteiger partial charge is 0.245 e. The van der Waals surface area contributed by atoms with Gasteiger partial charge >= 0.3 is 0 Å². The fraction of sp³-hybridized carbons (Fsp3) is 0.600. The second-order valence-electron chi connectivity index (χ2n) is 7.94. The summed E-state index contributed by atoms with van der Waals surface area (Å²) >= 11 is 0. The Morgan fingerprint density at radius 3 is 2.64 bits per heavy atom. The van der Waals surface area contributed by atoms with Gasteiger partial charge in [0.2, 0.25) is 11.8 Å². The zero-order valence-electron chi connectivity index (χ0n) is 14.4. The lowest BCUT2D eigenvalue weighted by atomic mass is 9.95. The van der Waals surface area contributed by atoms with E-state index in [-0.39, 0.29) is 29.5 Å². The molecule has 2 atom stereocenters. The van der Waals surface area contributed by atoms with Gasteiger partial charge in [0, 0.05) is 12.5 Å². The second kappa shape index (κ2) is 6.43. The third-order valence-electron chi connectivity index (χ3n) is 5.91. The van der Waals surface area contributed by atoms with E-state index in [1.807, 2.05) is 6.07 Å². The van der Waals surface area contributed by atoms with Crippen molar-refractivity contribution in [2.45, 2.75) is 56.4 Å². The maximum absolute atomic E-state index is 13.4. The van der Waals surface area contributed by atoms with Crippen molar-refractivity contribution in [1.29, 1.82) is 0 Å². The zero-order valence-corrected chi connectivity index (χ0v) is 14.4. The van der Waals surface area contributed by atoms with Gasteiger partial charge in [0.25, 0.3) is 0 Å². The van der Waals surface area contributed by atoms with Gasteiger partial charge in [0.15, 0.2) is 0 Å². The third-order valence-corrected chi connectivity index (χ3v) is 5.91. The number of rotatable bonds is 6. The maximum atomic E-state index is 13.4. The Bertz CT molecular complexity index is 680. The van der Waals surface area contributed by atoms with Crippen LogP contribution >= 0.6 is 0 Å². The van der Waals surface area contributed by atoms with Gasteiger partial charge in [-0.15, -0.1) is 0 Å². The Morgan fingerprint density at radius 1 is 1.20 bits per heavy atom. The molecule has 1 aromatic carbocycles. The van der Waals surface area contributed by atoms with Crippen LogP contribution < -0.4 is 10.6 Å². The number of amides is 2. The van der Waals surface area contributed by atoms with E-state index >= 15 is 0 Å². The first-order valence-electron chi connectivity index (χ1n) is 9.43. The van der Waals surface area contributed by atoms with E-state index in [1.165, 1.54) is 25.0 Å². The Balaban J connectivity index is 1.39. The summed E-state index contributed by atoms with van der Waals surface area (Å²) in [4.78, 5) is 25.4. The Labute approximate surface area is 147 Å². The summed E-state index contributed by atoms with van der Waals surface area (Å²) in [5, 5.41) is 6.11. The Morgan fingerprint density at radius 2 is 1.96 bits per heavy atom. The minimum atomic E-state index is -0.735. The van der Waals surface area contributed by atoms with Gasteiger partial charge in [0.05, 0.1) is 0 Å². The molecular weight excluding hydrogens is 319 g/mol. The van der Waals surface area contributed by atoms with Gasteiger partial charge in [-0.2, -0.15) is 0 Å². The fourth-order valence-electron chi connectivity index (χ4n) is 4.03. The monoisotopic (exact) mass is 344 g/mol. The number of benzene rings is 1. The summed E-state index contributed by atoms with van der Waals surface area (Å²) in [6, 6.07) is 6.47. The molecule has 2 unspecified atom stereocenters.